The lowest BCUT2D eigenvalue weighted by Gasteiger charge is -2.19. The van der Waals surface area contributed by atoms with E-state index in [-0.39, 0.29) is 5.91 Å². The predicted molar refractivity (Wildman–Crippen MR) is 79.4 cm³/mol. The molecule has 0 atom stereocenters. The van der Waals surface area contributed by atoms with E-state index in [0.717, 1.165) is 18.4 Å². The van der Waals surface area contributed by atoms with Crippen molar-refractivity contribution in [1.29, 1.82) is 0 Å². The zero-order valence-corrected chi connectivity index (χ0v) is 12.2. The SMILES string of the molecule is CCCCNC(=O)C=Cc1cc(Cl)c2c(c1)OCCO2. The van der Waals surface area contributed by atoms with Crippen LogP contribution in [0.1, 0.15) is 25.3 Å². The predicted octanol–water partition coefficient (Wildman–Crippen LogP) is 3.04. The van der Waals surface area contributed by atoms with Crippen LogP contribution >= 0.6 is 11.6 Å². The van der Waals surface area contributed by atoms with Crippen molar-refractivity contribution in [3.05, 3.63) is 28.8 Å². The number of hydrogen-bond acceptors (Lipinski definition) is 3. The van der Waals surface area contributed by atoms with Crippen LogP contribution in [0.4, 0.5) is 0 Å². The second-order valence-corrected chi connectivity index (χ2v) is 4.91. The smallest absolute Gasteiger partial charge is 0.243 e. The van der Waals surface area contributed by atoms with Crippen LogP contribution in [0.2, 0.25) is 5.02 Å². The summed E-state index contributed by atoms with van der Waals surface area (Å²) in [4.78, 5) is 11.6. The molecule has 0 radical (unpaired) electrons. The van der Waals surface area contributed by atoms with Crippen molar-refractivity contribution < 1.29 is 14.3 Å². The summed E-state index contributed by atoms with van der Waals surface area (Å²) in [5.41, 5.74) is 0.810. The molecule has 0 bridgehead atoms. The molecule has 20 heavy (non-hydrogen) atoms. The number of hydrogen-bond donors (Lipinski definition) is 1. The van der Waals surface area contributed by atoms with Crippen LogP contribution < -0.4 is 14.8 Å². The molecular weight excluding hydrogens is 278 g/mol. The van der Waals surface area contributed by atoms with Crippen LogP contribution in [0, 0.1) is 0 Å². The maximum atomic E-state index is 11.6. The first kappa shape index (κ1) is 14.7. The van der Waals surface area contributed by atoms with E-state index in [0.29, 0.717) is 36.3 Å². The lowest BCUT2D eigenvalue weighted by atomic mass is 10.1. The average molecular weight is 296 g/mol. The van der Waals surface area contributed by atoms with E-state index in [1.807, 2.05) is 6.07 Å². The van der Waals surface area contributed by atoms with Gasteiger partial charge in [-0.3, -0.25) is 4.79 Å². The number of carbonyl (C=O) groups is 1. The van der Waals surface area contributed by atoms with Gasteiger partial charge in [-0.15, -0.1) is 0 Å². The van der Waals surface area contributed by atoms with Crippen LogP contribution in [0.15, 0.2) is 18.2 Å². The second kappa shape index (κ2) is 7.20. The molecule has 1 amide bonds. The molecule has 0 aliphatic carbocycles. The summed E-state index contributed by atoms with van der Waals surface area (Å²) in [5.74, 6) is 1.08. The molecule has 1 heterocycles. The largest absolute Gasteiger partial charge is 0.486 e. The fourth-order valence-corrected chi connectivity index (χ4v) is 2.12. The van der Waals surface area contributed by atoms with Crippen molar-refractivity contribution in [1.82, 2.24) is 5.32 Å². The van der Waals surface area contributed by atoms with E-state index < -0.39 is 0 Å². The maximum absolute atomic E-state index is 11.6. The third-order valence-corrected chi connectivity index (χ3v) is 3.16. The summed E-state index contributed by atoms with van der Waals surface area (Å²) >= 11 is 6.13. The van der Waals surface area contributed by atoms with E-state index in [4.69, 9.17) is 21.1 Å². The summed E-state index contributed by atoms with van der Waals surface area (Å²) in [5, 5.41) is 3.31. The zero-order valence-electron chi connectivity index (χ0n) is 11.4. The van der Waals surface area contributed by atoms with Gasteiger partial charge in [0.2, 0.25) is 5.91 Å². The summed E-state index contributed by atoms with van der Waals surface area (Å²) in [7, 11) is 0. The lowest BCUT2D eigenvalue weighted by molar-refractivity contribution is -0.116. The fourth-order valence-electron chi connectivity index (χ4n) is 1.85. The molecule has 0 saturated heterocycles. The molecule has 4 nitrogen and oxygen atoms in total. The molecule has 1 aromatic rings. The van der Waals surface area contributed by atoms with Crippen molar-refractivity contribution in [3.8, 4) is 11.5 Å². The topological polar surface area (TPSA) is 47.6 Å². The Morgan fingerprint density at radius 2 is 2.20 bits per heavy atom. The molecular formula is C15H18ClNO3. The Morgan fingerprint density at radius 1 is 1.40 bits per heavy atom. The van der Waals surface area contributed by atoms with Gasteiger partial charge in [-0.2, -0.15) is 0 Å². The van der Waals surface area contributed by atoms with Gasteiger partial charge in [0.1, 0.15) is 13.2 Å². The molecule has 1 aliphatic rings. The number of rotatable bonds is 5. The number of unbranched alkanes of at least 4 members (excludes halogenated alkanes) is 1. The fraction of sp³-hybridized carbons (Fsp3) is 0.400. The molecule has 0 fully saturated rings. The minimum Gasteiger partial charge on any atom is -0.486 e. The Bertz CT molecular complexity index is 514. The Hall–Kier alpha value is -1.68. The van der Waals surface area contributed by atoms with Gasteiger partial charge in [-0.05, 0) is 30.2 Å². The van der Waals surface area contributed by atoms with Gasteiger partial charge in [0.05, 0.1) is 5.02 Å². The highest BCUT2D eigenvalue weighted by molar-refractivity contribution is 6.32. The van der Waals surface area contributed by atoms with Gasteiger partial charge >= 0.3 is 0 Å². The van der Waals surface area contributed by atoms with E-state index in [2.05, 4.69) is 12.2 Å². The number of halogens is 1. The molecule has 2 rings (SSSR count). The third-order valence-electron chi connectivity index (χ3n) is 2.88. The maximum Gasteiger partial charge on any atom is 0.243 e. The molecule has 0 saturated carbocycles. The van der Waals surface area contributed by atoms with Crippen molar-refractivity contribution in [2.45, 2.75) is 19.8 Å². The van der Waals surface area contributed by atoms with Gasteiger partial charge < -0.3 is 14.8 Å². The number of fused-ring (bicyclic) bond motifs is 1. The summed E-state index contributed by atoms with van der Waals surface area (Å²) in [6, 6.07) is 3.57. The molecule has 0 unspecified atom stereocenters. The van der Waals surface area contributed by atoms with Crippen LogP contribution in [0.5, 0.6) is 11.5 Å². The minimum absolute atomic E-state index is 0.107. The molecule has 5 heteroatoms. The van der Waals surface area contributed by atoms with Gasteiger partial charge in [0.15, 0.2) is 11.5 Å². The van der Waals surface area contributed by atoms with Crippen LogP contribution in [-0.2, 0) is 4.79 Å². The molecule has 1 N–H and O–H groups in total. The molecule has 0 spiro atoms. The Labute approximate surface area is 123 Å². The Kier molecular flexibility index (Phi) is 5.30. The van der Waals surface area contributed by atoms with Crippen LogP contribution in [0.25, 0.3) is 6.08 Å². The zero-order chi connectivity index (χ0) is 14.4. The molecule has 1 aliphatic heterocycles. The van der Waals surface area contributed by atoms with Gasteiger partial charge in [0.25, 0.3) is 0 Å². The third kappa shape index (κ3) is 3.90. The minimum atomic E-state index is -0.107. The number of amides is 1. The number of nitrogens with one attached hydrogen (secondary N) is 1. The second-order valence-electron chi connectivity index (χ2n) is 4.50. The average Bonchev–Trinajstić information content (AvgIpc) is 2.45. The van der Waals surface area contributed by atoms with Crippen molar-refractivity contribution >= 4 is 23.6 Å². The first-order valence-corrected chi connectivity index (χ1v) is 7.13. The summed E-state index contributed by atoms with van der Waals surface area (Å²) in [6.07, 6.45) is 5.25. The number of ether oxygens (including phenoxy) is 2. The standard InChI is InChI=1S/C15H18ClNO3/c1-2-3-6-17-14(18)5-4-11-9-12(16)15-13(10-11)19-7-8-20-15/h4-5,9-10H,2-3,6-8H2,1H3,(H,17,18). The highest BCUT2D eigenvalue weighted by atomic mass is 35.5. The normalized spacial score (nSPS) is 13.5. The molecule has 1 aromatic carbocycles. The lowest BCUT2D eigenvalue weighted by Crippen LogP contribution is -2.21. The van der Waals surface area contributed by atoms with Gasteiger partial charge in [-0.25, -0.2) is 0 Å². The van der Waals surface area contributed by atoms with Crippen LogP contribution in [-0.4, -0.2) is 25.7 Å². The monoisotopic (exact) mass is 295 g/mol. The first-order chi connectivity index (χ1) is 9.70. The Balaban J connectivity index is 2.02. The molecule has 0 aromatic heterocycles. The van der Waals surface area contributed by atoms with Gasteiger partial charge in [0, 0.05) is 12.6 Å². The summed E-state index contributed by atoms with van der Waals surface area (Å²) < 4.78 is 10.9. The van der Waals surface area contributed by atoms with Crippen molar-refractivity contribution in [3.63, 3.8) is 0 Å². The Morgan fingerprint density at radius 3 is 3.00 bits per heavy atom. The quantitative estimate of drug-likeness (QED) is 0.671. The van der Waals surface area contributed by atoms with Crippen LogP contribution in [0.3, 0.4) is 0 Å². The van der Waals surface area contributed by atoms with E-state index >= 15 is 0 Å². The highest BCUT2D eigenvalue weighted by Crippen LogP contribution is 2.38. The van der Waals surface area contributed by atoms with E-state index in [9.17, 15) is 4.79 Å². The van der Waals surface area contributed by atoms with E-state index in [1.54, 1.807) is 12.1 Å². The summed E-state index contributed by atoms with van der Waals surface area (Å²) in [6.45, 7) is 3.79. The highest BCUT2D eigenvalue weighted by Gasteiger charge is 2.15. The number of carbonyl (C=O) groups excluding carboxylic acids is 1. The van der Waals surface area contributed by atoms with Crippen molar-refractivity contribution in [2.75, 3.05) is 19.8 Å². The number of benzene rings is 1. The molecule has 108 valence electrons. The first-order valence-electron chi connectivity index (χ1n) is 6.75. The van der Waals surface area contributed by atoms with E-state index in [1.165, 1.54) is 6.08 Å². The van der Waals surface area contributed by atoms with Gasteiger partial charge in [-0.1, -0.05) is 24.9 Å². The van der Waals surface area contributed by atoms with Crippen molar-refractivity contribution in [2.24, 2.45) is 0 Å².